The van der Waals surface area contributed by atoms with Crippen molar-refractivity contribution in [3.8, 4) is 0 Å². The second-order valence-corrected chi connectivity index (χ2v) is 3.66. The van der Waals surface area contributed by atoms with Gasteiger partial charge in [-0.05, 0) is 34.8 Å². The van der Waals surface area contributed by atoms with Gasteiger partial charge >= 0.3 is 12.4 Å². The van der Waals surface area contributed by atoms with Crippen LogP contribution in [0, 0.1) is 0 Å². The van der Waals surface area contributed by atoms with Gasteiger partial charge in [-0.25, -0.2) is 0 Å². The predicted molar refractivity (Wildman–Crippen MR) is 54.4 cm³/mol. The van der Waals surface area contributed by atoms with Crippen molar-refractivity contribution in [1.82, 2.24) is 0 Å². The maximum Gasteiger partial charge on any atom is 0.416 e. The fourth-order valence-electron chi connectivity index (χ4n) is 1.15. The molecular weight excluding hydrogens is 314 g/mol. The third-order valence-electron chi connectivity index (χ3n) is 1.87. The molecule has 0 heterocycles. The molecule has 17 heavy (non-hydrogen) atoms. The smallest absolute Gasteiger partial charge is 0.166 e. The minimum atomic E-state index is -4.81. The third kappa shape index (κ3) is 3.76. The Bertz CT molecular complexity index is 397. The molecule has 0 atom stereocenters. The molecule has 0 spiro atoms. The van der Waals surface area contributed by atoms with Gasteiger partial charge in [0.25, 0.3) is 0 Å². The van der Waals surface area contributed by atoms with E-state index in [0.717, 1.165) is 6.08 Å². The summed E-state index contributed by atoms with van der Waals surface area (Å²) < 4.78 is 74.2. The summed E-state index contributed by atoms with van der Waals surface area (Å²) in [5.74, 6) is 0. The van der Waals surface area contributed by atoms with Crippen LogP contribution in [0.15, 0.2) is 23.2 Å². The molecule has 0 amide bonds. The Morgan fingerprint density at radius 2 is 1.24 bits per heavy atom. The summed E-state index contributed by atoms with van der Waals surface area (Å²) in [6.45, 7) is 0. The van der Waals surface area contributed by atoms with Crippen LogP contribution in [0.1, 0.15) is 16.7 Å². The standard InChI is InChI=1S/C10H5BrF6/c11-2-1-6-3-7(9(12,13)14)5-8(4-6)10(15,16)17/h1-5H/b2-1+. The van der Waals surface area contributed by atoms with Gasteiger partial charge < -0.3 is 0 Å². The van der Waals surface area contributed by atoms with Crippen LogP contribution in [-0.4, -0.2) is 0 Å². The van der Waals surface area contributed by atoms with Crippen LogP contribution < -0.4 is 0 Å². The van der Waals surface area contributed by atoms with Crippen LogP contribution in [0.3, 0.4) is 0 Å². The molecule has 0 fully saturated rings. The molecule has 0 nitrogen and oxygen atoms in total. The summed E-state index contributed by atoms with van der Waals surface area (Å²) in [6, 6.07) is 1.38. The molecular formula is C10H5BrF6. The fourth-order valence-corrected chi connectivity index (χ4v) is 1.45. The number of alkyl halides is 6. The van der Waals surface area contributed by atoms with Gasteiger partial charge in [-0.3, -0.25) is 0 Å². The molecule has 0 aliphatic rings. The SMILES string of the molecule is FC(F)(F)c1cc(/C=C/Br)cc(C(F)(F)F)c1. The van der Waals surface area contributed by atoms with Crippen molar-refractivity contribution < 1.29 is 26.3 Å². The van der Waals surface area contributed by atoms with E-state index in [-0.39, 0.29) is 11.6 Å². The van der Waals surface area contributed by atoms with Crippen molar-refractivity contribution in [2.45, 2.75) is 12.4 Å². The van der Waals surface area contributed by atoms with Gasteiger partial charge in [-0.2, -0.15) is 26.3 Å². The van der Waals surface area contributed by atoms with Crippen LogP contribution in [0.5, 0.6) is 0 Å². The first-order chi connectivity index (χ1) is 7.64. The summed E-state index contributed by atoms with van der Waals surface area (Å²) in [6.07, 6.45) is -8.52. The van der Waals surface area contributed by atoms with E-state index >= 15 is 0 Å². The number of hydrogen-bond acceptors (Lipinski definition) is 0. The molecule has 0 N–H and O–H groups in total. The topological polar surface area (TPSA) is 0 Å². The molecule has 0 bridgehead atoms. The minimum Gasteiger partial charge on any atom is -0.166 e. The van der Waals surface area contributed by atoms with Gasteiger partial charge in [0.1, 0.15) is 0 Å². The highest BCUT2D eigenvalue weighted by molar-refractivity contribution is 9.11. The number of benzene rings is 1. The maximum atomic E-state index is 12.4. The van der Waals surface area contributed by atoms with Gasteiger partial charge in [-0.15, -0.1) is 0 Å². The summed E-state index contributed by atoms with van der Waals surface area (Å²) in [5, 5.41) is 0. The van der Waals surface area contributed by atoms with Crippen LogP contribution in [0.4, 0.5) is 26.3 Å². The Balaban J connectivity index is 3.39. The van der Waals surface area contributed by atoms with E-state index < -0.39 is 23.5 Å². The highest BCUT2D eigenvalue weighted by atomic mass is 79.9. The molecule has 7 heteroatoms. The number of hydrogen-bond donors (Lipinski definition) is 0. The van der Waals surface area contributed by atoms with Crippen LogP contribution in [-0.2, 0) is 12.4 Å². The molecule has 0 aliphatic heterocycles. The highest BCUT2D eigenvalue weighted by Crippen LogP contribution is 2.36. The van der Waals surface area contributed by atoms with Crippen molar-refractivity contribution in [1.29, 1.82) is 0 Å². The second kappa shape index (κ2) is 4.72. The lowest BCUT2D eigenvalue weighted by atomic mass is 10.0. The Labute approximate surface area is 101 Å². The first kappa shape index (κ1) is 14.1. The van der Waals surface area contributed by atoms with Gasteiger partial charge in [0, 0.05) is 0 Å². The average molecular weight is 319 g/mol. The van der Waals surface area contributed by atoms with Gasteiger partial charge in [0.2, 0.25) is 0 Å². The molecule has 94 valence electrons. The van der Waals surface area contributed by atoms with Gasteiger partial charge in [-0.1, -0.05) is 15.9 Å². The second-order valence-electron chi connectivity index (χ2n) is 3.13. The van der Waals surface area contributed by atoms with Crippen molar-refractivity contribution in [3.05, 3.63) is 39.9 Å². The van der Waals surface area contributed by atoms with E-state index in [0.29, 0.717) is 12.1 Å². The molecule has 1 aromatic carbocycles. The summed E-state index contributed by atoms with van der Waals surface area (Å²) in [4.78, 5) is 1.18. The van der Waals surface area contributed by atoms with Crippen molar-refractivity contribution in [2.75, 3.05) is 0 Å². The molecule has 1 aromatic rings. The van der Waals surface area contributed by atoms with E-state index in [9.17, 15) is 26.3 Å². The van der Waals surface area contributed by atoms with E-state index in [4.69, 9.17) is 0 Å². The Morgan fingerprint density at radius 3 is 1.53 bits per heavy atom. The predicted octanol–water partition coefficient (Wildman–Crippen LogP) is 5.09. The van der Waals surface area contributed by atoms with Crippen molar-refractivity contribution >= 4 is 22.0 Å². The monoisotopic (exact) mass is 318 g/mol. The number of rotatable bonds is 1. The first-order valence-corrected chi connectivity index (χ1v) is 5.12. The summed E-state index contributed by atoms with van der Waals surface area (Å²) >= 11 is 2.79. The van der Waals surface area contributed by atoms with E-state index in [1.807, 2.05) is 0 Å². The lowest BCUT2D eigenvalue weighted by Gasteiger charge is -2.12. The third-order valence-corrected chi connectivity index (χ3v) is 2.13. The number of halogens is 7. The first-order valence-electron chi connectivity index (χ1n) is 4.21. The van der Waals surface area contributed by atoms with Gasteiger partial charge in [0.05, 0.1) is 11.1 Å². The van der Waals surface area contributed by atoms with Crippen molar-refractivity contribution in [3.63, 3.8) is 0 Å². The van der Waals surface area contributed by atoms with Crippen LogP contribution >= 0.6 is 15.9 Å². The summed E-state index contributed by atoms with van der Waals surface area (Å²) in [5.41, 5.74) is -2.83. The molecule has 1 rings (SSSR count). The molecule has 0 radical (unpaired) electrons. The van der Waals surface area contributed by atoms with Crippen molar-refractivity contribution in [2.24, 2.45) is 0 Å². The van der Waals surface area contributed by atoms with Crippen LogP contribution in [0.25, 0.3) is 6.08 Å². The zero-order valence-corrected chi connectivity index (χ0v) is 9.62. The lowest BCUT2D eigenvalue weighted by molar-refractivity contribution is -0.143. The maximum absolute atomic E-state index is 12.4. The van der Waals surface area contributed by atoms with Gasteiger partial charge in [0.15, 0.2) is 0 Å². The minimum absolute atomic E-state index is 0.0889. The zero-order chi connectivity index (χ0) is 13.3. The Hall–Kier alpha value is -0.980. The largest absolute Gasteiger partial charge is 0.416 e. The Kier molecular flexibility index (Phi) is 3.91. The Morgan fingerprint density at radius 1 is 0.824 bits per heavy atom. The molecule has 0 saturated heterocycles. The molecule has 0 aromatic heterocycles. The fraction of sp³-hybridized carbons (Fsp3) is 0.200. The highest BCUT2D eigenvalue weighted by Gasteiger charge is 2.36. The summed E-state index contributed by atoms with van der Waals surface area (Å²) in [7, 11) is 0. The normalized spacial score (nSPS) is 13.4. The average Bonchev–Trinajstić information content (AvgIpc) is 2.15. The molecule has 0 saturated carbocycles. The molecule has 0 aliphatic carbocycles. The molecule has 0 unspecified atom stereocenters. The van der Waals surface area contributed by atoms with E-state index in [1.165, 1.54) is 4.99 Å². The lowest BCUT2D eigenvalue weighted by Crippen LogP contribution is -2.11. The zero-order valence-electron chi connectivity index (χ0n) is 8.03. The quantitative estimate of drug-likeness (QED) is 0.633. The van der Waals surface area contributed by atoms with E-state index in [1.54, 1.807) is 0 Å². The van der Waals surface area contributed by atoms with E-state index in [2.05, 4.69) is 15.9 Å². The van der Waals surface area contributed by atoms with Crippen LogP contribution in [0.2, 0.25) is 0 Å².